The highest BCUT2D eigenvalue weighted by atomic mass is 16.5. The number of para-hydroxylation sites is 1. The van der Waals surface area contributed by atoms with Gasteiger partial charge in [-0.15, -0.1) is 0 Å². The van der Waals surface area contributed by atoms with Gasteiger partial charge in [0.2, 0.25) is 0 Å². The summed E-state index contributed by atoms with van der Waals surface area (Å²) in [4.78, 5) is 20.7. The van der Waals surface area contributed by atoms with E-state index in [0.717, 1.165) is 43.6 Å². The van der Waals surface area contributed by atoms with Gasteiger partial charge in [0.05, 0.1) is 20.3 Å². The Balaban J connectivity index is 1.42. The maximum atomic E-state index is 13.9. The van der Waals surface area contributed by atoms with Crippen LogP contribution in [-0.4, -0.2) is 51.7 Å². The number of benzene rings is 3. The number of rotatable bonds is 10. The van der Waals surface area contributed by atoms with E-state index in [0.29, 0.717) is 18.0 Å². The monoisotopic (exact) mass is 513 g/mol. The number of anilines is 2. The minimum atomic E-state index is -0.0620. The van der Waals surface area contributed by atoms with E-state index in [1.807, 2.05) is 30.3 Å². The topological polar surface area (TPSA) is 45.2 Å². The second kappa shape index (κ2) is 11.8. The molecule has 3 aromatic rings. The molecule has 6 nitrogen and oxygen atoms in total. The van der Waals surface area contributed by atoms with Gasteiger partial charge in [-0.1, -0.05) is 30.3 Å². The average molecular weight is 514 g/mol. The molecule has 5 rings (SSSR count). The largest absolute Gasteiger partial charge is 0.493 e. The molecule has 0 spiro atoms. The fourth-order valence-electron chi connectivity index (χ4n) is 5.92. The molecule has 2 heterocycles. The fraction of sp³-hybridized carbons (Fsp3) is 0.406. The smallest absolute Gasteiger partial charge is 0.255 e. The second-order valence-electron chi connectivity index (χ2n) is 10.3. The summed E-state index contributed by atoms with van der Waals surface area (Å²) in [7, 11) is 5.44. The molecule has 0 N–H and O–H groups in total. The Kier molecular flexibility index (Phi) is 8.06. The van der Waals surface area contributed by atoms with Gasteiger partial charge in [-0.3, -0.25) is 4.79 Å². The number of hydrogen-bond donors (Lipinski definition) is 0. The van der Waals surface area contributed by atoms with Crippen LogP contribution in [0, 0.1) is 0 Å². The maximum Gasteiger partial charge on any atom is 0.255 e. The summed E-state index contributed by atoms with van der Waals surface area (Å²) >= 11 is 0. The van der Waals surface area contributed by atoms with Gasteiger partial charge in [-0.2, -0.15) is 0 Å². The molecular weight excluding hydrogens is 474 g/mol. The van der Waals surface area contributed by atoms with Crippen LogP contribution in [-0.2, 0) is 6.54 Å². The predicted octanol–water partition coefficient (Wildman–Crippen LogP) is 6.31. The van der Waals surface area contributed by atoms with Crippen molar-refractivity contribution in [3.8, 4) is 11.5 Å². The van der Waals surface area contributed by atoms with Gasteiger partial charge >= 0.3 is 0 Å². The van der Waals surface area contributed by atoms with Gasteiger partial charge in [0.25, 0.3) is 5.91 Å². The standard InChI is InChI=1S/C32H39N3O3/c1-33(25-12-6-4-7-13-25)19-11-16-28(24-17-18-30(37-2)31(22-24)38-3)35-23-27-26(32(35)36)14-10-15-29(27)34-20-8-5-9-21-34/h4,6-7,10,12-15,17-18,22,28H,5,8-9,11,16,19-21,23H2,1-3H3/t28-/m1/s1. The first-order valence-corrected chi connectivity index (χ1v) is 13.8. The first-order chi connectivity index (χ1) is 18.6. The quantitative estimate of drug-likeness (QED) is 0.318. The molecular formula is C32H39N3O3. The number of piperidine rings is 1. The number of carbonyl (C=O) groups is 1. The van der Waals surface area contributed by atoms with E-state index in [1.54, 1.807) is 14.2 Å². The lowest BCUT2D eigenvalue weighted by Gasteiger charge is -2.31. The SMILES string of the molecule is COc1ccc([C@@H](CCCN(C)c2ccccc2)N2Cc3c(cccc3N3CCCCC3)C2=O)cc1OC. The van der Waals surface area contributed by atoms with Gasteiger partial charge in [0, 0.05) is 55.7 Å². The van der Waals surface area contributed by atoms with E-state index in [9.17, 15) is 4.79 Å². The van der Waals surface area contributed by atoms with Gasteiger partial charge in [-0.25, -0.2) is 0 Å². The molecule has 0 radical (unpaired) electrons. The van der Waals surface area contributed by atoms with Crippen molar-refractivity contribution in [2.24, 2.45) is 0 Å². The van der Waals surface area contributed by atoms with Crippen molar-refractivity contribution in [1.82, 2.24) is 4.90 Å². The molecule has 3 aromatic carbocycles. The lowest BCUT2D eigenvalue weighted by molar-refractivity contribution is 0.0689. The Labute approximate surface area is 226 Å². The third-order valence-electron chi connectivity index (χ3n) is 8.00. The Bertz CT molecular complexity index is 1240. The number of ether oxygens (including phenoxy) is 2. The number of nitrogens with zero attached hydrogens (tertiary/aromatic N) is 3. The number of carbonyl (C=O) groups excluding carboxylic acids is 1. The molecule has 1 saturated heterocycles. The van der Waals surface area contributed by atoms with Gasteiger partial charge in [0.1, 0.15) is 0 Å². The Morgan fingerprint density at radius 1 is 0.895 bits per heavy atom. The van der Waals surface area contributed by atoms with Crippen LogP contribution in [0.3, 0.4) is 0 Å². The van der Waals surface area contributed by atoms with Crippen molar-refractivity contribution in [3.05, 3.63) is 83.4 Å². The van der Waals surface area contributed by atoms with Gasteiger partial charge in [0.15, 0.2) is 11.5 Å². The van der Waals surface area contributed by atoms with E-state index in [4.69, 9.17) is 9.47 Å². The number of hydrogen-bond acceptors (Lipinski definition) is 5. The van der Waals surface area contributed by atoms with Gasteiger partial charge in [-0.05, 0) is 74.1 Å². The highest BCUT2D eigenvalue weighted by Crippen LogP contribution is 2.40. The molecule has 6 heteroatoms. The highest BCUT2D eigenvalue weighted by Gasteiger charge is 2.36. The molecule has 0 unspecified atom stereocenters. The summed E-state index contributed by atoms with van der Waals surface area (Å²) in [6.07, 6.45) is 5.51. The minimum absolute atomic E-state index is 0.0620. The average Bonchev–Trinajstić information content (AvgIpc) is 3.31. The number of methoxy groups -OCH3 is 2. The van der Waals surface area contributed by atoms with Crippen molar-refractivity contribution in [2.45, 2.75) is 44.7 Å². The van der Waals surface area contributed by atoms with Crippen molar-refractivity contribution >= 4 is 17.3 Å². The third-order valence-corrected chi connectivity index (χ3v) is 8.00. The molecule has 1 atom stereocenters. The van der Waals surface area contributed by atoms with Crippen molar-refractivity contribution in [2.75, 3.05) is 50.7 Å². The van der Waals surface area contributed by atoms with E-state index in [2.05, 4.69) is 58.1 Å². The van der Waals surface area contributed by atoms with E-state index >= 15 is 0 Å². The molecule has 0 bridgehead atoms. The van der Waals surface area contributed by atoms with Crippen LogP contribution in [0.2, 0.25) is 0 Å². The van der Waals surface area contributed by atoms with Crippen LogP contribution >= 0.6 is 0 Å². The highest BCUT2D eigenvalue weighted by molar-refractivity contribution is 6.00. The summed E-state index contributed by atoms with van der Waals surface area (Å²) in [5.41, 5.74) is 5.52. The molecule has 0 aliphatic carbocycles. The van der Waals surface area contributed by atoms with Crippen molar-refractivity contribution in [3.63, 3.8) is 0 Å². The number of fused-ring (bicyclic) bond motifs is 1. The molecule has 1 fully saturated rings. The molecule has 0 aromatic heterocycles. The molecule has 2 aliphatic heterocycles. The summed E-state index contributed by atoms with van der Waals surface area (Å²) in [6.45, 7) is 3.67. The van der Waals surface area contributed by atoms with Crippen LogP contribution in [0.4, 0.5) is 11.4 Å². The van der Waals surface area contributed by atoms with Gasteiger partial charge < -0.3 is 24.2 Å². The van der Waals surface area contributed by atoms with E-state index < -0.39 is 0 Å². The molecule has 2 aliphatic rings. The van der Waals surface area contributed by atoms with Crippen LogP contribution in [0.1, 0.15) is 59.6 Å². The van der Waals surface area contributed by atoms with Crippen LogP contribution in [0.25, 0.3) is 0 Å². The first kappa shape index (κ1) is 26.0. The van der Waals surface area contributed by atoms with E-state index in [-0.39, 0.29) is 11.9 Å². The van der Waals surface area contributed by atoms with Crippen molar-refractivity contribution < 1.29 is 14.3 Å². The summed E-state index contributed by atoms with van der Waals surface area (Å²) < 4.78 is 11.1. The second-order valence-corrected chi connectivity index (χ2v) is 10.3. The number of amides is 1. The Hall–Kier alpha value is -3.67. The van der Waals surface area contributed by atoms with Crippen LogP contribution in [0.15, 0.2) is 66.7 Å². The van der Waals surface area contributed by atoms with Crippen LogP contribution in [0.5, 0.6) is 11.5 Å². The Morgan fingerprint density at radius 3 is 2.39 bits per heavy atom. The molecule has 38 heavy (non-hydrogen) atoms. The summed E-state index contributed by atoms with van der Waals surface area (Å²) in [6, 6.07) is 22.7. The molecule has 1 amide bonds. The van der Waals surface area contributed by atoms with Crippen LogP contribution < -0.4 is 19.3 Å². The first-order valence-electron chi connectivity index (χ1n) is 13.8. The van der Waals surface area contributed by atoms with Crippen molar-refractivity contribution in [1.29, 1.82) is 0 Å². The zero-order valence-electron chi connectivity index (χ0n) is 22.9. The normalized spacial score (nSPS) is 15.8. The lowest BCUT2D eigenvalue weighted by Crippen LogP contribution is -2.31. The summed E-state index contributed by atoms with van der Waals surface area (Å²) in [5.74, 6) is 1.51. The zero-order chi connectivity index (χ0) is 26.5. The van der Waals surface area contributed by atoms with E-state index in [1.165, 1.54) is 36.2 Å². The molecule has 200 valence electrons. The maximum absolute atomic E-state index is 13.9. The minimum Gasteiger partial charge on any atom is -0.493 e. The summed E-state index contributed by atoms with van der Waals surface area (Å²) in [5, 5.41) is 0. The zero-order valence-corrected chi connectivity index (χ0v) is 22.9. The third kappa shape index (κ3) is 5.31. The molecule has 0 saturated carbocycles. The Morgan fingerprint density at radius 2 is 1.66 bits per heavy atom. The lowest BCUT2D eigenvalue weighted by atomic mass is 9.99. The fourth-order valence-corrected chi connectivity index (χ4v) is 5.92. The predicted molar refractivity (Wildman–Crippen MR) is 154 cm³/mol.